The highest BCUT2D eigenvalue weighted by Crippen LogP contribution is 2.30. The van der Waals surface area contributed by atoms with Gasteiger partial charge in [0.2, 0.25) is 0 Å². The molecule has 1 aliphatic rings. The molecule has 2 rings (SSSR count). The number of halogens is 1. The molecule has 0 saturated carbocycles. The minimum absolute atomic E-state index is 0.398. The Hall–Kier alpha value is -1.04. The molecule has 0 atom stereocenters. The predicted molar refractivity (Wildman–Crippen MR) is 68.9 cm³/mol. The van der Waals surface area contributed by atoms with Gasteiger partial charge in [0, 0.05) is 13.6 Å². The average molecular weight is 286 g/mol. The highest BCUT2D eigenvalue weighted by molar-refractivity contribution is 9.10. The molecule has 0 aliphatic carbocycles. The first-order valence-electron chi connectivity index (χ1n) is 5.37. The summed E-state index contributed by atoms with van der Waals surface area (Å²) in [5.41, 5.74) is 1.06. The number of hydrogen-bond donors (Lipinski definition) is 2. The van der Waals surface area contributed by atoms with Crippen LogP contribution in [0.5, 0.6) is 0 Å². The van der Waals surface area contributed by atoms with E-state index in [0.717, 1.165) is 35.0 Å². The van der Waals surface area contributed by atoms with Crippen molar-refractivity contribution in [2.45, 2.75) is 19.8 Å². The standard InChI is InChI=1S/C10H16BrN5/c1-6(2)8-7(11)9(16(3)15-8)14-10-12-4-5-13-10/h6H,4-5H2,1-3H3,(H2,12,13,14). The minimum Gasteiger partial charge on any atom is -0.354 e. The lowest BCUT2D eigenvalue weighted by Crippen LogP contribution is -2.27. The highest BCUT2D eigenvalue weighted by Gasteiger charge is 2.18. The molecule has 0 amide bonds. The second kappa shape index (κ2) is 4.45. The van der Waals surface area contributed by atoms with Crippen LogP contribution >= 0.6 is 15.9 Å². The lowest BCUT2D eigenvalue weighted by molar-refractivity contribution is 0.717. The number of aromatic nitrogens is 2. The Balaban J connectivity index is 2.26. The molecule has 16 heavy (non-hydrogen) atoms. The van der Waals surface area contributed by atoms with Crippen LogP contribution in [-0.2, 0) is 7.05 Å². The Labute approximate surface area is 103 Å². The van der Waals surface area contributed by atoms with E-state index in [1.54, 1.807) is 0 Å². The van der Waals surface area contributed by atoms with Gasteiger partial charge in [0.25, 0.3) is 0 Å². The fourth-order valence-corrected chi connectivity index (χ4v) is 2.51. The first-order chi connectivity index (χ1) is 7.59. The van der Waals surface area contributed by atoms with Crippen molar-refractivity contribution < 1.29 is 0 Å². The van der Waals surface area contributed by atoms with Crippen LogP contribution < -0.4 is 10.6 Å². The number of nitrogens with zero attached hydrogens (tertiary/aromatic N) is 3. The SMILES string of the molecule is CC(C)c1nn(C)c(NC2=NCCN2)c1Br. The predicted octanol–water partition coefficient (Wildman–Crippen LogP) is 1.68. The zero-order valence-electron chi connectivity index (χ0n) is 9.71. The van der Waals surface area contributed by atoms with Crippen LogP contribution in [0.25, 0.3) is 0 Å². The molecule has 2 heterocycles. The number of hydrogen-bond acceptors (Lipinski definition) is 4. The Kier molecular flexibility index (Phi) is 3.18. The molecule has 5 nitrogen and oxygen atoms in total. The lowest BCUT2D eigenvalue weighted by atomic mass is 10.1. The van der Waals surface area contributed by atoms with Crippen LogP contribution in [0, 0.1) is 0 Å². The number of anilines is 1. The maximum Gasteiger partial charge on any atom is 0.197 e. The fraction of sp³-hybridized carbons (Fsp3) is 0.600. The van der Waals surface area contributed by atoms with Gasteiger partial charge in [-0.15, -0.1) is 0 Å². The summed E-state index contributed by atoms with van der Waals surface area (Å²) in [6, 6.07) is 0. The van der Waals surface area contributed by atoms with Crippen LogP contribution in [0.1, 0.15) is 25.5 Å². The first-order valence-corrected chi connectivity index (χ1v) is 6.16. The van der Waals surface area contributed by atoms with E-state index in [2.05, 4.69) is 50.5 Å². The summed E-state index contributed by atoms with van der Waals surface area (Å²) in [5.74, 6) is 2.16. The number of aryl methyl sites for hydroxylation is 1. The molecule has 0 radical (unpaired) electrons. The fourth-order valence-electron chi connectivity index (χ4n) is 1.62. The van der Waals surface area contributed by atoms with E-state index < -0.39 is 0 Å². The molecular formula is C10H16BrN5. The number of nitrogens with one attached hydrogen (secondary N) is 2. The molecule has 1 aromatic heterocycles. The third-order valence-corrected chi connectivity index (χ3v) is 3.25. The van der Waals surface area contributed by atoms with Crippen molar-refractivity contribution in [3.8, 4) is 0 Å². The van der Waals surface area contributed by atoms with Crippen LogP contribution in [0.15, 0.2) is 9.47 Å². The molecule has 1 aromatic rings. The van der Waals surface area contributed by atoms with E-state index in [-0.39, 0.29) is 0 Å². The van der Waals surface area contributed by atoms with Gasteiger partial charge in [-0.2, -0.15) is 5.10 Å². The molecule has 0 spiro atoms. The normalized spacial score (nSPS) is 15.2. The van der Waals surface area contributed by atoms with Gasteiger partial charge in [0.05, 0.1) is 16.7 Å². The summed E-state index contributed by atoms with van der Waals surface area (Å²) < 4.78 is 2.85. The van der Waals surface area contributed by atoms with Gasteiger partial charge >= 0.3 is 0 Å². The Morgan fingerprint density at radius 1 is 1.50 bits per heavy atom. The number of rotatable bonds is 2. The summed E-state index contributed by atoms with van der Waals surface area (Å²) in [4.78, 5) is 4.30. The van der Waals surface area contributed by atoms with Gasteiger partial charge < -0.3 is 10.6 Å². The molecule has 88 valence electrons. The topological polar surface area (TPSA) is 54.2 Å². The van der Waals surface area contributed by atoms with E-state index in [4.69, 9.17) is 0 Å². The van der Waals surface area contributed by atoms with Gasteiger partial charge in [-0.1, -0.05) is 13.8 Å². The molecule has 0 bridgehead atoms. The van der Waals surface area contributed by atoms with Crippen molar-refractivity contribution in [3.63, 3.8) is 0 Å². The van der Waals surface area contributed by atoms with Gasteiger partial charge in [0.15, 0.2) is 5.96 Å². The zero-order chi connectivity index (χ0) is 11.7. The Morgan fingerprint density at radius 2 is 2.25 bits per heavy atom. The van der Waals surface area contributed by atoms with E-state index in [1.165, 1.54) is 0 Å². The van der Waals surface area contributed by atoms with Gasteiger partial charge in [0.1, 0.15) is 5.82 Å². The van der Waals surface area contributed by atoms with Crippen molar-refractivity contribution in [3.05, 3.63) is 10.2 Å². The summed E-state index contributed by atoms with van der Waals surface area (Å²) >= 11 is 3.58. The first kappa shape index (κ1) is 11.4. The van der Waals surface area contributed by atoms with Crippen LogP contribution in [0.3, 0.4) is 0 Å². The molecule has 0 fully saturated rings. The lowest BCUT2D eigenvalue weighted by Gasteiger charge is -2.07. The molecule has 0 saturated heterocycles. The van der Waals surface area contributed by atoms with Gasteiger partial charge in [-0.25, -0.2) is 0 Å². The van der Waals surface area contributed by atoms with Crippen LogP contribution in [-0.4, -0.2) is 28.8 Å². The zero-order valence-corrected chi connectivity index (χ0v) is 11.3. The third kappa shape index (κ3) is 2.07. The van der Waals surface area contributed by atoms with Crippen molar-refractivity contribution in [2.24, 2.45) is 12.0 Å². The second-order valence-electron chi connectivity index (χ2n) is 4.11. The Morgan fingerprint density at radius 3 is 2.75 bits per heavy atom. The van der Waals surface area contributed by atoms with Crippen LogP contribution in [0.2, 0.25) is 0 Å². The summed E-state index contributed by atoms with van der Waals surface area (Å²) in [6.45, 7) is 5.98. The summed E-state index contributed by atoms with van der Waals surface area (Å²) in [6.07, 6.45) is 0. The van der Waals surface area contributed by atoms with Crippen molar-refractivity contribution in [2.75, 3.05) is 18.4 Å². The second-order valence-corrected chi connectivity index (χ2v) is 4.90. The van der Waals surface area contributed by atoms with E-state index in [0.29, 0.717) is 5.92 Å². The van der Waals surface area contributed by atoms with Gasteiger partial charge in [-0.3, -0.25) is 9.67 Å². The molecule has 2 N–H and O–H groups in total. The largest absolute Gasteiger partial charge is 0.354 e. The molecule has 0 unspecified atom stereocenters. The van der Waals surface area contributed by atoms with Gasteiger partial charge in [-0.05, 0) is 21.8 Å². The smallest absolute Gasteiger partial charge is 0.197 e. The highest BCUT2D eigenvalue weighted by atomic mass is 79.9. The Bertz CT molecular complexity index is 421. The van der Waals surface area contributed by atoms with Crippen molar-refractivity contribution in [1.29, 1.82) is 0 Å². The van der Waals surface area contributed by atoms with E-state index in [9.17, 15) is 0 Å². The molecule has 0 aromatic carbocycles. The molecule has 6 heteroatoms. The third-order valence-electron chi connectivity index (χ3n) is 2.47. The maximum absolute atomic E-state index is 4.48. The quantitative estimate of drug-likeness (QED) is 0.869. The number of guanidine groups is 1. The minimum atomic E-state index is 0.398. The molecule has 1 aliphatic heterocycles. The average Bonchev–Trinajstić information content (AvgIpc) is 2.81. The molecular weight excluding hydrogens is 270 g/mol. The maximum atomic E-state index is 4.48. The van der Waals surface area contributed by atoms with E-state index >= 15 is 0 Å². The van der Waals surface area contributed by atoms with Crippen molar-refractivity contribution >= 4 is 27.7 Å². The monoisotopic (exact) mass is 285 g/mol. The summed E-state index contributed by atoms with van der Waals surface area (Å²) in [5, 5.41) is 10.9. The van der Waals surface area contributed by atoms with E-state index in [1.807, 2.05) is 11.7 Å². The number of aliphatic imine (C=N–C) groups is 1. The van der Waals surface area contributed by atoms with Crippen LogP contribution in [0.4, 0.5) is 5.82 Å². The summed E-state index contributed by atoms with van der Waals surface area (Å²) in [7, 11) is 1.93. The van der Waals surface area contributed by atoms with Crippen molar-refractivity contribution in [1.82, 2.24) is 15.1 Å².